The number of nitrogens with one attached hydrogen (secondary N) is 3. The summed E-state index contributed by atoms with van der Waals surface area (Å²) in [4.78, 5) is 11.5. The van der Waals surface area contributed by atoms with Crippen LogP contribution in [0.1, 0.15) is 22.0 Å². The molecule has 0 aliphatic rings. The Balaban J connectivity index is 1.69. The quantitative estimate of drug-likeness (QED) is 0.379. The third-order valence-electron chi connectivity index (χ3n) is 4.35. The summed E-state index contributed by atoms with van der Waals surface area (Å²) in [6.07, 6.45) is 2.72. The minimum atomic E-state index is -0.862. The molecule has 1 aromatic heterocycles. The number of H-pyrrole nitrogens is 1. The fraction of sp³-hybridized carbons (Fsp3) is 0.200. The molecular formula is C20H22N4O3. The molecule has 3 rings (SSSR count). The number of likely N-dealkylation sites (N-methyl/N-ethyl adjacent to an activating group) is 1. The van der Waals surface area contributed by atoms with Gasteiger partial charge in [-0.05, 0) is 42.4 Å². The normalized spacial score (nSPS) is 13.0. The number of methoxy groups -OCH3 is 1. The number of ether oxygens (including phenoxy) is 1. The van der Waals surface area contributed by atoms with Crippen LogP contribution in [0.4, 0.5) is 5.69 Å². The number of anilines is 1. The van der Waals surface area contributed by atoms with Crippen LogP contribution in [-0.4, -0.2) is 41.7 Å². The van der Waals surface area contributed by atoms with E-state index in [1.165, 1.54) is 7.11 Å². The Morgan fingerprint density at radius 3 is 2.37 bits per heavy atom. The highest BCUT2D eigenvalue weighted by Crippen LogP contribution is 2.23. The molecule has 27 heavy (non-hydrogen) atoms. The van der Waals surface area contributed by atoms with Crippen LogP contribution < -0.4 is 10.6 Å². The monoisotopic (exact) mass is 366 g/mol. The lowest BCUT2D eigenvalue weighted by molar-refractivity contribution is 0.0600. The van der Waals surface area contributed by atoms with Crippen LogP contribution >= 0.6 is 0 Å². The Morgan fingerprint density at radius 1 is 1.11 bits per heavy atom. The second-order valence-electron chi connectivity index (χ2n) is 6.03. The van der Waals surface area contributed by atoms with Gasteiger partial charge in [0, 0.05) is 17.4 Å². The number of aromatic amines is 1. The number of aromatic nitrogens is 2. The van der Waals surface area contributed by atoms with E-state index in [4.69, 9.17) is 4.74 Å². The number of hydrogen-bond acceptors (Lipinski definition) is 6. The SMILES string of the molecule is CNC(c1ccc(C(=O)OC)cc1)C(O)Nc1ccc(-c2cn[nH]c2)cc1. The molecule has 0 aliphatic carbocycles. The highest BCUT2D eigenvalue weighted by Gasteiger charge is 2.20. The van der Waals surface area contributed by atoms with Crippen molar-refractivity contribution >= 4 is 11.7 Å². The maximum atomic E-state index is 11.5. The molecule has 2 atom stereocenters. The van der Waals surface area contributed by atoms with E-state index < -0.39 is 6.23 Å². The largest absolute Gasteiger partial charge is 0.465 e. The van der Waals surface area contributed by atoms with Gasteiger partial charge in [-0.1, -0.05) is 24.3 Å². The summed E-state index contributed by atoms with van der Waals surface area (Å²) >= 11 is 0. The molecule has 0 radical (unpaired) electrons. The van der Waals surface area contributed by atoms with Gasteiger partial charge < -0.3 is 20.5 Å². The third kappa shape index (κ3) is 4.33. The van der Waals surface area contributed by atoms with Gasteiger partial charge in [0.1, 0.15) is 6.23 Å². The molecule has 4 N–H and O–H groups in total. The van der Waals surface area contributed by atoms with Gasteiger partial charge in [-0.3, -0.25) is 5.10 Å². The fourth-order valence-corrected chi connectivity index (χ4v) is 2.87. The maximum Gasteiger partial charge on any atom is 0.337 e. The first-order valence-corrected chi connectivity index (χ1v) is 8.51. The summed E-state index contributed by atoms with van der Waals surface area (Å²) < 4.78 is 4.70. The number of aliphatic hydroxyl groups excluding tert-OH is 1. The lowest BCUT2D eigenvalue weighted by Gasteiger charge is -2.25. The van der Waals surface area contributed by atoms with E-state index in [1.807, 2.05) is 30.5 Å². The molecule has 0 spiro atoms. The number of hydrogen-bond donors (Lipinski definition) is 4. The van der Waals surface area contributed by atoms with Gasteiger partial charge in [0.05, 0.1) is 24.9 Å². The molecule has 0 saturated carbocycles. The number of esters is 1. The molecule has 140 valence electrons. The van der Waals surface area contributed by atoms with Crippen LogP contribution in [-0.2, 0) is 4.74 Å². The first-order valence-electron chi connectivity index (χ1n) is 8.51. The summed E-state index contributed by atoms with van der Waals surface area (Å²) in [5.41, 5.74) is 4.14. The average Bonchev–Trinajstić information content (AvgIpc) is 3.24. The molecule has 0 fully saturated rings. The van der Waals surface area contributed by atoms with Gasteiger partial charge in [0.2, 0.25) is 0 Å². The summed E-state index contributed by atoms with van der Waals surface area (Å²) in [7, 11) is 3.12. The zero-order valence-corrected chi connectivity index (χ0v) is 15.1. The number of carbonyl (C=O) groups is 1. The van der Waals surface area contributed by atoms with Gasteiger partial charge in [0.15, 0.2) is 0 Å². The molecule has 0 bridgehead atoms. The Labute approximate surface area is 157 Å². The van der Waals surface area contributed by atoms with Crippen LogP contribution in [0, 0.1) is 0 Å². The van der Waals surface area contributed by atoms with Crippen molar-refractivity contribution in [1.29, 1.82) is 0 Å². The van der Waals surface area contributed by atoms with Gasteiger partial charge >= 0.3 is 5.97 Å². The standard InChI is InChI=1S/C20H22N4O3/c1-21-18(14-3-5-15(6-4-14)20(26)27-2)19(25)24-17-9-7-13(8-10-17)16-11-22-23-12-16/h3-12,18-19,21,24-25H,1-2H3,(H,22,23). The molecule has 1 heterocycles. The second kappa shape index (κ2) is 8.48. The highest BCUT2D eigenvalue weighted by atomic mass is 16.5. The van der Waals surface area contributed by atoms with E-state index in [-0.39, 0.29) is 12.0 Å². The van der Waals surface area contributed by atoms with Crippen molar-refractivity contribution in [2.24, 2.45) is 0 Å². The lowest BCUT2D eigenvalue weighted by atomic mass is 10.0. The third-order valence-corrected chi connectivity index (χ3v) is 4.35. The Morgan fingerprint density at radius 2 is 1.81 bits per heavy atom. The molecule has 7 heteroatoms. The summed E-state index contributed by atoms with van der Waals surface area (Å²) in [5, 5.41) is 23.5. The van der Waals surface area contributed by atoms with Crippen molar-refractivity contribution in [2.75, 3.05) is 19.5 Å². The molecule has 2 aromatic carbocycles. The van der Waals surface area contributed by atoms with Gasteiger partial charge in [0.25, 0.3) is 0 Å². The summed E-state index contributed by atoms with van der Waals surface area (Å²) in [6, 6.07) is 14.3. The van der Waals surface area contributed by atoms with E-state index >= 15 is 0 Å². The van der Waals surface area contributed by atoms with E-state index in [0.29, 0.717) is 5.56 Å². The van der Waals surface area contributed by atoms with Crippen LogP contribution in [0.3, 0.4) is 0 Å². The Kier molecular flexibility index (Phi) is 5.85. The van der Waals surface area contributed by atoms with Crippen LogP contribution in [0.2, 0.25) is 0 Å². The van der Waals surface area contributed by atoms with Crippen LogP contribution in [0.15, 0.2) is 60.9 Å². The lowest BCUT2D eigenvalue weighted by Crippen LogP contribution is -2.35. The van der Waals surface area contributed by atoms with E-state index in [2.05, 4.69) is 20.8 Å². The van der Waals surface area contributed by atoms with Crippen molar-refractivity contribution in [3.05, 3.63) is 72.1 Å². The van der Waals surface area contributed by atoms with Crippen LogP contribution in [0.25, 0.3) is 11.1 Å². The van der Waals surface area contributed by atoms with Crippen LogP contribution in [0.5, 0.6) is 0 Å². The fourth-order valence-electron chi connectivity index (χ4n) is 2.87. The van der Waals surface area contributed by atoms with Crippen molar-refractivity contribution in [1.82, 2.24) is 15.5 Å². The molecule has 3 aromatic rings. The van der Waals surface area contributed by atoms with Crippen molar-refractivity contribution < 1.29 is 14.6 Å². The first-order chi connectivity index (χ1) is 13.1. The van der Waals surface area contributed by atoms with Gasteiger partial charge in [-0.2, -0.15) is 5.10 Å². The van der Waals surface area contributed by atoms with Crippen molar-refractivity contribution in [3.8, 4) is 11.1 Å². The highest BCUT2D eigenvalue weighted by molar-refractivity contribution is 5.89. The smallest absolute Gasteiger partial charge is 0.337 e. The molecular weight excluding hydrogens is 344 g/mol. The molecule has 2 unspecified atom stereocenters. The summed E-state index contributed by atoms with van der Waals surface area (Å²) in [6.45, 7) is 0. The zero-order chi connectivity index (χ0) is 19.2. The van der Waals surface area contributed by atoms with Gasteiger partial charge in [-0.15, -0.1) is 0 Å². The molecule has 0 saturated heterocycles. The van der Waals surface area contributed by atoms with E-state index in [1.54, 1.807) is 37.5 Å². The Hall–Kier alpha value is -3.16. The number of carbonyl (C=O) groups excluding carboxylic acids is 1. The number of nitrogens with zero attached hydrogens (tertiary/aromatic N) is 1. The zero-order valence-electron chi connectivity index (χ0n) is 15.1. The minimum absolute atomic E-state index is 0.356. The van der Waals surface area contributed by atoms with E-state index in [0.717, 1.165) is 22.4 Å². The predicted molar refractivity (Wildman–Crippen MR) is 103 cm³/mol. The topological polar surface area (TPSA) is 99.3 Å². The predicted octanol–water partition coefficient (Wildman–Crippen LogP) is 2.55. The van der Waals surface area contributed by atoms with Crippen molar-refractivity contribution in [3.63, 3.8) is 0 Å². The molecule has 0 amide bonds. The van der Waals surface area contributed by atoms with Gasteiger partial charge in [-0.25, -0.2) is 4.79 Å². The first kappa shape index (κ1) is 18.6. The number of aliphatic hydroxyl groups is 1. The second-order valence-corrected chi connectivity index (χ2v) is 6.03. The Bertz CT molecular complexity index is 861. The average molecular weight is 366 g/mol. The van der Waals surface area contributed by atoms with Crippen molar-refractivity contribution in [2.45, 2.75) is 12.3 Å². The number of rotatable bonds is 7. The van der Waals surface area contributed by atoms with E-state index in [9.17, 15) is 9.90 Å². The minimum Gasteiger partial charge on any atom is -0.465 e. The summed E-state index contributed by atoms with van der Waals surface area (Å²) in [5.74, 6) is -0.390. The molecule has 7 nitrogen and oxygen atoms in total. The maximum absolute atomic E-state index is 11.5. The molecule has 0 aliphatic heterocycles. The number of benzene rings is 2.